The normalized spacial score (nSPS) is 21.0. The van der Waals surface area contributed by atoms with Gasteiger partial charge in [-0.3, -0.25) is 0 Å². The minimum absolute atomic E-state index is 0.211. The van der Waals surface area contributed by atoms with Crippen LogP contribution >= 0.6 is 0 Å². The smallest absolute Gasteiger partial charge is 0.335 e. The van der Waals surface area contributed by atoms with Gasteiger partial charge in [0, 0.05) is 30.0 Å². The summed E-state index contributed by atoms with van der Waals surface area (Å²) in [5, 5.41) is 12.7. The van der Waals surface area contributed by atoms with Crippen molar-refractivity contribution in [3.63, 3.8) is 0 Å². The fraction of sp³-hybridized carbons (Fsp3) is 0.409. The molecule has 5 nitrogen and oxygen atoms in total. The molecule has 0 bridgehead atoms. The highest BCUT2D eigenvalue weighted by atomic mass is 19.1. The van der Waals surface area contributed by atoms with Gasteiger partial charge in [0.25, 0.3) is 0 Å². The van der Waals surface area contributed by atoms with Gasteiger partial charge in [-0.25, -0.2) is 9.18 Å². The number of nitrogens with zero attached hydrogens (tertiary/aromatic N) is 1. The van der Waals surface area contributed by atoms with E-state index in [0.29, 0.717) is 25.2 Å². The third-order valence-electron chi connectivity index (χ3n) is 5.75. The Labute approximate surface area is 164 Å². The number of nitrogens with one attached hydrogen (secondary N) is 1. The van der Waals surface area contributed by atoms with E-state index in [1.165, 1.54) is 0 Å². The zero-order valence-electron chi connectivity index (χ0n) is 16.2. The minimum Gasteiger partial charge on any atom is -0.478 e. The number of rotatable bonds is 3. The second-order valence-corrected chi connectivity index (χ2v) is 8.23. The van der Waals surface area contributed by atoms with Gasteiger partial charge in [0.2, 0.25) is 0 Å². The SMILES string of the molecule is CC1(C)Cc2cc(C(=O)O)ccc2NC1c1cc(N2CCOCC2)ccc1F. The highest BCUT2D eigenvalue weighted by Gasteiger charge is 2.37. The van der Waals surface area contributed by atoms with Crippen LogP contribution in [-0.4, -0.2) is 37.4 Å². The number of fused-ring (bicyclic) bond motifs is 1. The molecule has 1 saturated heterocycles. The van der Waals surface area contributed by atoms with Gasteiger partial charge in [0.15, 0.2) is 0 Å². The monoisotopic (exact) mass is 384 g/mol. The maximum absolute atomic E-state index is 14.8. The molecule has 6 heteroatoms. The summed E-state index contributed by atoms with van der Waals surface area (Å²) in [6.07, 6.45) is 0.669. The van der Waals surface area contributed by atoms with Crippen molar-refractivity contribution in [2.75, 3.05) is 36.5 Å². The average Bonchev–Trinajstić information content (AvgIpc) is 2.67. The van der Waals surface area contributed by atoms with Crippen LogP contribution in [0, 0.1) is 11.2 Å². The number of benzene rings is 2. The summed E-state index contributed by atoms with van der Waals surface area (Å²) < 4.78 is 20.3. The van der Waals surface area contributed by atoms with Crippen molar-refractivity contribution in [1.29, 1.82) is 0 Å². The first-order valence-corrected chi connectivity index (χ1v) is 9.60. The largest absolute Gasteiger partial charge is 0.478 e. The predicted octanol–water partition coefficient (Wildman–Crippen LogP) is 4.10. The van der Waals surface area contributed by atoms with Gasteiger partial charge in [-0.1, -0.05) is 13.8 Å². The number of hydrogen-bond acceptors (Lipinski definition) is 4. The van der Waals surface area contributed by atoms with Crippen LogP contribution in [0.1, 0.15) is 41.4 Å². The maximum Gasteiger partial charge on any atom is 0.335 e. The van der Waals surface area contributed by atoms with Crippen molar-refractivity contribution in [1.82, 2.24) is 0 Å². The molecule has 2 heterocycles. The van der Waals surface area contributed by atoms with Crippen molar-refractivity contribution in [3.8, 4) is 0 Å². The number of carboxylic acid groups (broad SMARTS) is 1. The first-order valence-electron chi connectivity index (χ1n) is 9.60. The van der Waals surface area contributed by atoms with Crippen LogP contribution in [0.25, 0.3) is 0 Å². The summed E-state index contributed by atoms with van der Waals surface area (Å²) in [5.41, 5.74) is 3.45. The van der Waals surface area contributed by atoms with Gasteiger partial charge < -0.3 is 20.1 Å². The van der Waals surface area contributed by atoms with Gasteiger partial charge in [-0.2, -0.15) is 0 Å². The summed E-state index contributed by atoms with van der Waals surface area (Å²) >= 11 is 0. The number of ether oxygens (including phenoxy) is 1. The standard InChI is InChI=1S/C22H25FN2O3/c1-22(2)13-15-11-14(21(26)27)3-6-19(15)24-20(22)17-12-16(4-5-18(17)23)25-7-9-28-10-8-25/h3-6,11-12,20,24H,7-10,13H2,1-2H3,(H,26,27). The quantitative estimate of drug-likeness (QED) is 0.834. The van der Waals surface area contributed by atoms with Crippen LogP contribution in [0.4, 0.5) is 15.8 Å². The van der Waals surface area contributed by atoms with Crippen molar-refractivity contribution < 1.29 is 19.0 Å². The summed E-state index contributed by atoms with van der Waals surface area (Å²) in [6, 6.07) is 10.2. The van der Waals surface area contributed by atoms with Crippen LogP contribution in [0.2, 0.25) is 0 Å². The van der Waals surface area contributed by atoms with E-state index in [9.17, 15) is 14.3 Å². The Kier molecular flexibility index (Phi) is 4.75. The van der Waals surface area contributed by atoms with Crippen LogP contribution in [0.5, 0.6) is 0 Å². The molecule has 0 radical (unpaired) electrons. The molecule has 0 saturated carbocycles. The zero-order valence-corrected chi connectivity index (χ0v) is 16.2. The van der Waals surface area contributed by atoms with Gasteiger partial charge >= 0.3 is 5.97 Å². The molecule has 2 aliphatic heterocycles. The van der Waals surface area contributed by atoms with Crippen LogP contribution < -0.4 is 10.2 Å². The maximum atomic E-state index is 14.8. The minimum atomic E-state index is -0.938. The fourth-order valence-corrected chi connectivity index (χ4v) is 4.23. The zero-order chi connectivity index (χ0) is 19.9. The molecule has 2 aliphatic rings. The van der Waals surface area contributed by atoms with Crippen LogP contribution in [0.3, 0.4) is 0 Å². The molecule has 2 aromatic carbocycles. The van der Waals surface area contributed by atoms with Gasteiger partial charge in [-0.05, 0) is 53.8 Å². The molecule has 4 rings (SSSR count). The third-order valence-corrected chi connectivity index (χ3v) is 5.75. The Bertz CT molecular complexity index is 907. The molecule has 1 atom stereocenters. The van der Waals surface area contributed by atoms with E-state index in [-0.39, 0.29) is 22.8 Å². The average molecular weight is 384 g/mol. The molecule has 1 unspecified atom stereocenters. The van der Waals surface area contributed by atoms with E-state index in [1.54, 1.807) is 24.3 Å². The van der Waals surface area contributed by atoms with Gasteiger partial charge in [0.05, 0.1) is 24.8 Å². The molecular weight excluding hydrogens is 359 g/mol. The molecular formula is C22H25FN2O3. The highest BCUT2D eigenvalue weighted by molar-refractivity contribution is 5.88. The second-order valence-electron chi connectivity index (χ2n) is 8.23. The first kappa shape index (κ1) is 18.7. The Morgan fingerprint density at radius 1 is 1.21 bits per heavy atom. The lowest BCUT2D eigenvalue weighted by atomic mass is 9.72. The Balaban J connectivity index is 1.69. The van der Waals surface area contributed by atoms with Gasteiger partial charge in [-0.15, -0.1) is 0 Å². The van der Waals surface area contributed by atoms with E-state index in [2.05, 4.69) is 24.1 Å². The van der Waals surface area contributed by atoms with Crippen molar-refractivity contribution >= 4 is 17.3 Å². The number of anilines is 2. The Morgan fingerprint density at radius 2 is 1.96 bits per heavy atom. The number of morpholine rings is 1. The number of hydrogen-bond donors (Lipinski definition) is 2. The third kappa shape index (κ3) is 3.44. The van der Waals surface area contributed by atoms with Crippen LogP contribution in [-0.2, 0) is 11.2 Å². The predicted molar refractivity (Wildman–Crippen MR) is 107 cm³/mol. The second kappa shape index (κ2) is 7.09. The molecule has 1 fully saturated rings. The van der Waals surface area contributed by atoms with E-state index in [0.717, 1.165) is 30.0 Å². The van der Waals surface area contributed by atoms with Gasteiger partial charge in [0.1, 0.15) is 5.82 Å². The summed E-state index contributed by atoms with van der Waals surface area (Å²) in [4.78, 5) is 13.5. The lowest BCUT2D eigenvalue weighted by molar-refractivity contribution is 0.0696. The molecule has 0 spiro atoms. The number of carboxylic acids is 1. The molecule has 28 heavy (non-hydrogen) atoms. The highest BCUT2D eigenvalue weighted by Crippen LogP contribution is 2.46. The van der Waals surface area contributed by atoms with E-state index >= 15 is 0 Å². The summed E-state index contributed by atoms with van der Waals surface area (Å²) in [6.45, 7) is 7.13. The number of halogens is 1. The Hall–Kier alpha value is -2.60. The number of carbonyl (C=O) groups is 1. The summed E-state index contributed by atoms with van der Waals surface area (Å²) in [5.74, 6) is -1.17. The molecule has 2 N–H and O–H groups in total. The lowest BCUT2D eigenvalue weighted by Gasteiger charge is -2.42. The summed E-state index contributed by atoms with van der Waals surface area (Å²) in [7, 11) is 0. The molecule has 148 valence electrons. The van der Waals surface area contributed by atoms with E-state index in [4.69, 9.17) is 4.74 Å². The van der Waals surface area contributed by atoms with E-state index < -0.39 is 5.97 Å². The van der Waals surface area contributed by atoms with E-state index in [1.807, 2.05) is 12.1 Å². The first-order chi connectivity index (χ1) is 13.3. The van der Waals surface area contributed by atoms with Crippen molar-refractivity contribution in [2.24, 2.45) is 5.41 Å². The van der Waals surface area contributed by atoms with Crippen molar-refractivity contribution in [3.05, 3.63) is 58.9 Å². The molecule has 0 amide bonds. The molecule has 0 aromatic heterocycles. The lowest BCUT2D eigenvalue weighted by Crippen LogP contribution is -2.37. The Morgan fingerprint density at radius 3 is 2.68 bits per heavy atom. The van der Waals surface area contributed by atoms with Crippen molar-refractivity contribution in [2.45, 2.75) is 26.3 Å². The number of aromatic carboxylic acids is 1. The topological polar surface area (TPSA) is 61.8 Å². The fourth-order valence-electron chi connectivity index (χ4n) is 4.23. The van der Waals surface area contributed by atoms with Crippen LogP contribution in [0.15, 0.2) is 36.4 Å². The molecule has 0 aliphatic carbocycles. The molecule has 2 aromatic rings.